The molecule has 0 bridgehead atoms. The molecule has 0 spiro atoms. The van der Waals surface area contributed by atoms with E-state index in [-0.39, 0.29) is 12.0 Å². The lowest BCUT2D eigenvalue weighted by Gasteiger charge is -2.39. The fourth-order valence-electron chi connectivity index (χ4n) is 2.75. The summed E-state index contributed by atoms with van der Waals surface area (Å²) in [6.07, 6.45) is 3.12. The van der Waals surface area contributed by atoms with Crippen LogP contribution < -0.4 is 5.73 Å². The van der Waals surface area contributed by atoms with Gasteiger partial charge in [0.15, 0.2) is 0 Å². The third kappa shape index (κ3) is 2.23. The largest absolute Gasteiger partial charge is 0.338 e. The van der Waals surface area contributed by atoms with Gasteiger partial charge in [-0.15, -0.1) is 0 Å². The Kier molecular flexibility index (Phi) is 3.80. The first kappa shape index (κ1) is 12.2. The van der Waals surface area contributed by atoms with Gasteiger partial charge < -0.3 is 10.6 Å². The molecule has 16 heavy (non-hydrogen) atoms. The van der Waals surface area contributed by atoms with Crippen LogP contribution in [-0.4, -0.2) is 40.4 Å². The zero-order valence-electron chi connectivity index (χ0n) is 10.2. The fraction of sp³-hybridized carbons (Fsp3) is 0.917. The summed E-state index contributed by atoms with van der Waals surface area (Å²) < 4.78 is 0. The van der Waals surface area contributed by atoms with Crippen LogP contribution in [0.15, 0.2) is 0 Å². The summed E-state index contributed by atoms with van der Waals surface area (Å²) in [6.45, 7) is 5.27. The number of rotatable bonds is 1. The summed E-state index contributed by atoms with van der Waals surface area (Å²) in [5, 5.41) is 0.551. The zero-order valence-corrected chi connectivity index (χ0v) is 11.0. The van der Waals surface area contributed by atoms with Crippen molar-refractivity contribution >= 4 is 17.7 Å². The van der Waals surface area contributed by atoms with E-state index in [9.17, 15) is 4.79 Å². The summed E-state index contributed by atoms with van der Waals surface area (Å²) in [6, 6.07) is 0.462. The number of amides is 1. The van der Waals surface area contributed by atoms with Crippen molar-refractivity contribution in [2.45, 2.75) is 50.4 Å². The average Bonchev–Trinajstić information content (AvgIpc) is 2.68. The van der Waals surface area contributed by atoms with Crippen LogP contribution in [0.1, 0.15) is 33.1 Å². The Morgan fingerprint density at radius 1 is 1.38 bits per heavy atom. The normalized spacial score (nSPS) is 40.1. The fourth-order valence-corrected chi connectivity index (χ4v) is 3.85. The summed E-state index contributed by atoms with van der Waals surface area (Å²) >= 11 is 1.97. The third-order valence-corrected chi connectivity index (χ3v) is 5.39. The lowest BCUT2D eigenvalue weighted by Crippen LogP contribution is -2.52. The molecule has 1 saturated carbocycles. The van der Waals surface area contributed by atoms with Crippen molar-refractivity contribution in [3.63, 3.8) is 0 Å². The molecule has 0 aromatic heterocycles. The van der Waals surface area contributed by atoms with Crippen LogP contribution in [0.25, 0.3) is 0 Å². The van der Waals surface area contributed by atoms with Crippen LogP contribution in [0.3, 0.4) is 0 Å². The van der Waals surface area contributed by atoms with Crippen molar-refractivity contribution < 1.29 is 4.79 Å². The molecule has 3 nitrogen and oxygen atoms in total. The maximum Gasteiger partial charge on any atom is 0.227 e. The molecule has 0 aromatic carbocycles. The Morgan fingerprint density at radius 3 is 2.75 bits per heavy atom. The molecule has 1 aliphatic heterocycles. The van der Waals surface area contributed by atoms with Crippen LogP contribution in [-0.2, 0) is 4.79 Å². The first-order valence-corrected chi connectivity index (χ1v) is 7.34. The van der Waals surface area contributed by atoms with Gasteiger partial charge in [0.1, 0.15) is 0 Å². The van der Waals surface area contributed by atoms with Crippen LogP contribution in [0.4, 0.5) is 0 Å². The van der Waals surface area contributed by atoms with Gasteiger partial charge in [-0.25, -0.2) is 0 Å². The van der Waals surface area contributed by atoms with E-state index >= 15 is 0 Å². The first-order valence-electron chi connectivity index (χ1n) is 6.29. The van der Waals surface area contributed by atoms with Crippen LogP contribution in [0.2, 0.25) is 0 Å². The zero-order chi connectivity index (χ0) is 11.7. The molecule has 1 aliphatic carbocycles. The van der Waals surface area contributed by atoms with Crippen LogP contribution in [0, 0.1) is 5.92 Å². The number of carbonyl (C=O) groups is 1. The Balaban J connectivity index is 2.03. The molecule has 4 unspecified atom stereocenters. The summed E-state index contributed by atoms with van der Waals surface area (Å²) in [7, 11) is 0. The van der Waals surface area contributed by atoms with E-state index in [0.29, 0.717) is 17.2 Å². The minimum atomic E-state index is 0.0951. The smallest absolute Gasteiger partial charge is 0.227 e. The Morgan fingerprint density at radius 2 is 2.12 bits per heavy atom. The third-order valence-electron chi connectivity index (χ3n) is 4.05. The molecule has 2 rings (SSSR count). The number of hydrogen-bond donors (Lipinski definition) is 1. The summed E-state index contributed by atoms with van der Waals surface area (Å²) in [4.78, 5) is 14.5. The molecule has 2 aliphatic rings. The minimum absolute atomic E-state index is 0.0951. The topological polar surface area (TPSA) is 46.3 Å². The van der Waals surface area contributed by atoms with Gasteiger partial charge in [0.25, 0.3) is 0 Å². The van der Waals surface area contributed by atoms with E-state index in [4.69, 9.17) is 5.73 Å². The predicted octanol–water partition coefficient (Wildman–Crippen LogP) is 1.47. The highest BCUT2D eigenvalue weighted by atomic mass is 32.2. The highest BCUT2D eigenvalue weighted by Gasteiger charge is 2.37. The van der Waals surface area contributed by atoms with Gasteiger partial charge in [0, 0.05) is 29.6 Å². The molecule has 2 fully saturated rings. The highest BCUT2D eigenvalue weighted by Crippen LogP contribution is 2.30. The molecule has 4 atom stereocenters. The maximum atomic E-state index is 12.4. The second-order valence-corrected chi connectivity index (χ2v) is 6.53. The van der Waals surface area contributed by atoms with Gasteiger partial charge >= 0.3 is 0 Å². The summed E-state index contributed by atoms with van der Waals surface area (Å²) in [5.74, 6) is 1.47. The quantitative estimate of drug-likeness (QED) is 0.757. The van der Waals surface area contributed by atoms with Crippen molar-refractivity contribution in [1.82, 2.24) is 4.90 Å². The molecule has 1 saturated heterocycles. The average molecular weight is 242 g/mol. The summed E-state index contributed by atoms with van der Waals surface area (Å²) in [5.41, 5.74) is 6.01. The maximum absolute atomic E-state index is 12.4. The molecular weight excluding hydrogens is 220 g/mol. The van der Waals surface area contributed by atoms with E-state index in [1.807, 2.05) is 11.8 Å². The van der Waals surface area contributed by atoms with Gasteiger partial charge in [-0.2, -0.15) is 11.8 Å². The van der Waals surface area contributed by atoms with E-state index in [1.54, 1.807) is 0 Å². The van der Waals surface area contributed by atoms with Crippen LogP contribution in [0.5, 0.6) is 0 Å². The minimum Gasteiger partial charge on any atom is -0.338 e. The number of thioether (sulfide) groups is 1. The van der Waals surface area contributed by atoms with Gasteiger partial charge in [0.05, 0.1) is 5.92 Å². The van der Waals surface area contributed by atoms with Crippen molar-refractivity contribution in [3.05, 3.63) is 0 Å². The van der Waals surface area contributed by atoms with Gasteiger partial charge in [-0.1, -0.05) is 13.3 Å². The van der Waals surface area contributed by atoms with Crippen molar-refractivity contribution in [2.24, 2.45) is 11.7 Å². The molecule has 1 heterocycles. The molecule has 0 radical (unpaired) electrons. The van der Waals surface area contributed by atoms with Gasteiger partial charge in [-0.3, -0.25) is 4.79 Å². The number of nitrogens with zero attached hydrogens (tertiary/aromatic N) is 1. The lowest BCUT2D eigenvalue weighted by atomic mass is 10.0. The highest BCUT2D eigenvalue weighted by molar-refractivity contribution is 8.00. The van der Waals surface area contributed by atoms with E-state index in [2.05, 4.69) is 18.7 Å². The van der Waals surface area contributed by atoms with Crippen molar-refractivity contribution in [2.75, 3.05) is 12.3 Å². The van der Waals surface area contributed by atoms with Crippen molar-refractivity contribution in [3.8, 4) is 0 Å². The number of hydrogen-bond acceptors (Lipinski definition) is 3. The molecule has 92 valence electrons. The predicted molar refractivity (Wildman–Crippen MR) is 68.4 cm³/mol. The molecular formula is C12H22N2OS. The molecule has 1 amide bonds. The Bertz CT molecular complexity index is 272. The Labute approximate surface area is 102 Å². The SMILES string of the molecule is CC1SCCN(C(=O)C2CCCC2N)C1C. The number of carbonyl (C=O) groups excluding carboxylic acids is 1. The standard InChI is InChI=1S/C12H22N2OS/c1-8-9(2)16-7-6-14(8)12(15)10-4-3-5-11(10)13/h8-11H,3-7,13H2,1-2H3. The Hall–Kier alpha value is -0.220. The monoisotopic (exact) mass is 242 g/mol. The van der Waals surface area contributed by atoms with Crippen LogP contribution >= 0.6 is 11.8 Å². The number of nitrogens with two attached hydrogens (primary N) is 1. The van der Waals surface area contributed by atoms with Gasteiger partial charge in [0.2, 0.25) is 5.91 Å². The lowest BCUT2D eigenvalue weighted by molar-refractivity contribution is -0.137. The first-order chi connectivity index (χ1) is 7.61. The second-order valence-electron chi connectivity index (χ2n) is 5.05. The second kappa shape index (κ2) is 4.96. The van der Waals surface area contributed by atoms with Crippen molar-refractivity contribution in [1.29, 1.82) is 0 Å². The molecule has 2 N–H and O–H groups in total. The van der Waals surface area contributed by atoms with Gasteiger partial charge in [-0.05, 0) is 19.8 Å². The van der Waals surface area contributed by atoms with E-state index < -0.39 is 0 Å². The molecule has 0 aromatic rings. The van der Waals surface area contributed by atoms with E-state index in [0.717, 1.165) is 31.6 Å². The van der Waals surface area contributed by atoms with E-state index in [1.165, 1.54) is 0 Å². The molecule has 4 heteroatoms.